The van der Waals surface area contributed by atoms with E-state index < -0.39 is 47.0 Å². The van der Waals surface area contributed by atoms with Gasteiger partial charge in [-0.2, -0.15) is 19.9 Å². The second kappa shape index (κ2) is 55.6. The fraction of sp³-hybridized carbons (Fsp3) is 0.276. The van der Waals surface area contributed by atoms with Gasteiger partial charge in [0.25, 0.3) is 11.8 Å². The van der Waals surface area contributed by atoms with E-state index in [0.717, 1.165) is 57.6 Å². The van der Waals surface area contributed by atoms with Crippen molar-refractivity contribution in [3.8, 4) is 6.01 Å². The molecule has 16 N–H and O–H groups in total. The van der Waals surface area contributed by atoms with Crippen molar-refractivity contribution in [1.82, 2.24) is 75.6 Å². The number of primary amides is 2. The van der Waals surface area contributed by atoms with Crippen molar-refractivity contribution in [3.63, 3.8) is 0 Å². The number of hydrogen-bond donors (Lipinski definition) is 12. The number of rotatable bonds is 26. The van der Waals surface area contributed by atoms with Crippen molar-refractivity contribution in [2.24, 2.45) is 42.8 Å². The van der Waals surface area contributed by atoms with Gasteiger partial charge in [0.15, 0.2) is 5.82 Å². The highest BCUT2D eigenvalue weighted by molar-refractivity contribution is 6.34. The Labute approximate surface area is 833 Å². The van der Waals surface area contributed by atoms with Gasteiger partial charge in [0.2, 0.25) is 21.8 Å². The van der Waals surface area contributed by atoms with Gasteiger partial charge in [0.05, 0.1) is 19.3 Å². The van der Waals surface area contributed by atoms with Crippen LogP contribution in [0.25, 0.3) is 63.2 Å². The maximum Gasteiger partial charge on any atom is 0.407 e. The Morgan fingerprint density at radius 1 is 0.455 bits per heavy atom. The average molecular weight is 2030 g/mol. The third kappa shape index (κ3) is 37.6. The minimum Gasteiger partial charge on any atom is -0.477 e. The fourth-order valence-corrected chi connectivity index (χ4v) is 12.9. The summed E-state index contributed by atoms with van der Waals surface area (Å²) < 4.78 is 20.2. The first-order chi connectivity index (χ1) is 68.4. The monoisotopic (exact) mass is 2030 g/mol. The number of nitrogen functional groups attached to an aromatic ring is 1. The van der Waals surface area contributed by atoms with Crippen LogP contribution in [0.4, 0.5) is 95.7 Å². The molecule has 52 nitrogen and oxygen atoms in total. The number of amides is 4. The zero-order chi connectivity index (χ0) is 104. The van der Waals surface area contributed by atoms with Gasteiger partial charge >= 0.3 is 36.1 Å². The highest BCUT2D eigenvalue weighted by atomic mass is 35.5. The maximum absolute atomic E-state index is 12.3. The number of hydrogen-bond acceptors (Lipinski definition) is 36. The van der Waals surface area contributed by atoms with Crippen molar-refractivity contribution in [2.45, 2.75) is 142 Å². The number of nitrogens with zero attached hydrogens (tertiary/aromatic N) is 28. The Morgan fingerprint density at radius 2 is 0.818 bits per heavy atom. The number of para-hydroxylation sites is 1. The van der Waals surface area contributed by atoms with Gasteiger partial charge in [0.1, 0.15) is 72.7 Å². The van der Waals surface area contributed by atoms with E-state index in [1.807, 2.05) is 53.7 Å². The molecule has 2 saturated carbocycles. The second-order valence-electron chi connectivity index (χ2n) is 31.2. The number of carbonyl (C=O) groups excluding carboxylic acids is 6. The summed E-state index contributed by atoms with van der Waals surface area (Å²) >= 11 is 22.5. The smallest absolute Gasteiger partial charge is 0.407 e. The molecule has 742 valence electrons. The highest BCUT2D eigenvalue weighted by Crippen LogP contribution is 2.31. The molecular weight excluding hydrogens is 1940 g/mol. The Hall–Kier alpha value is -17.7. The molecule has 0 spiro atoms. The summed E-state index contributed by atoms with van der Waals surface area (Å²) in [5.74, 6) is -2.69. The fourth-order valence-electron chi connectivity index (χ4n) is 12.2. The number of esters is 2. The van der Waals surface area contributed by atoms with Crippen LogP contribution in [0.15, 0.2) is 202 Å². The zero-order valence-corrected chi connectivity index (χ0v) is 80.3. The molecule has 14 rings (SSSR count). The number of nitrogens with two attached hydrogens (primary N) is 4. The number of fused-ring (bicyclic) bond motifs is 1. The van der Waals surface area contributed by atoms with Gasteiger partial charge in [0, 0.05) is 131 Å². The lowest BCUT2D eigenvalue weighted by Crippen LogP contribution is -2.50. The van der Waals surface area contributed by atoms with Crippen LogP contribution in [0.3, 0.4) is 0 Å². The van der Waals surface area contributed by atoms with Gasteiger partial charge in [-0.1, -0.05) is 140 Å². The molecule has 143 heavy (non-hydrogen) atoms. The Kier molecular flexibility index (Phi) is 43.0. The predicted molar refractivity (Wildman–Crippen MR) is 532 cm³/mol. The van der Waals surface area contributed by atoms with E-state index in [0.29, 0.717) is 73.9 Å². The maximum atomic E-state index is 12.3. The summed E-state index contributed by atoms with van der Waals surface area (Å²) in [6.45, 7) is 14.9. The summed E-state index contributed by atoms with van der Waals surface area (Å²) in [6.07, 6.45) is 13.2. The number of azide groups is 5. The number of nitrogens with one attached hydrogen (secondary N) is 7. The first kappa shape index (κ1) is 111. The van der Waals surface area contributed by atoms with Crippen molar-refractivity contribution in [1.29, 1.82) is 0 Å². The highest BCUT2D eigenvalue weighted by Gasteiger charge is 2.31. The lowest BCUT2D eigenvalue weighted by Gasteiger charge is -2.33. The number of benzene rings is 6. The molecular formula is C87H93Cl4N39O13. The number of halogens is 4. The second-order valence-corrected chi connectivity index (χ2v) is 32.6. The first-order valence-electron chi connectivity index (χ1n) is 42.6. The molecule has 0 saturated heterocycles. The van der Waals surface area contributed by atoms with Crippen molar-refractivity contribution < 1.29 is 62.5 Å². The molecule has 2 aliphatic rings. The van der Waals surface area contributed by atoms with Crippen LogP contribution in [0.5, 0.6) is 6.01 Å². The number of aromatic carboxylic acids is 1. The largest absolute Gasteiger partial charge is 0.477 e. The van der Waals surface area contributed by atoms with Crippen LogP contribution >= 0.6 is 46.4 Å². The molecule has 6 aromatic heterocycles. The molecule has 6 aromatic carbocycles. The van der Waals surface area contributed by atoms with E-state index in [-0.39, 0.29) is 122 Å². The van der Waals surface area contributed by atoms with Gasteiger partial charge in [-0.25, -0.2) is 53.9 Å². The third-order valence-corrected chi connectivity index (χ3v) is 19.4. The molecule has 0 bridgehead atoms. The SMILES string of the molecule is CC(C)(C)OC(=O)N[C@H]1CCCC[C@H]1N.CC(C)(C)OC(=O)N[C@H]1CCCC[C@H]1Nc1ncc(C(N)=O)c(Nc2ccc(N=[N+]=[N-])cc2)n1.CCOC(=O)c1cnc(Cl)nc1Cl.CCOC(=O)c1cnc(Cl)nc1Nc1ccc(N=[N+]=[N-])cc1.[N-]=[N+]=Nc1ccc(N)cc1.[N-]=[N+]=Nc1ccc(Nc2nc(Cl)ncc2C(=O)O)cc1.[N-]=[N+]=Nc1ccc(Nc2nc(On3nnc4ccccc43)ncc2C(N)=O)cc1. The normalized spacial score (nSPS) is 13.5. The number of carboxylic acids is 1. The summed E-state index contributed by atoms with van der Waals surface area (Å²) in [6, 6.07) is 39.8. The van der Waals surface area contributed by atoms with Gasteiger partial charge in [-0.15, -0.1) is 5.10 Å². The van der Waals surface area contributed by atoms with E-state index in [2.05, 4.69) is 147 Å². The van der Waals surface area contributed by atoms with Crippen LogP contribution in [-0.4, -0.2) is 161 Å². The van der Waals surface area contributed by atoms with E-state index in [1.165, 1.54) is 29.6 Å². The number of ether oxygens (including phenoxy) is 4. The van der Waals surface area contributed by atoms with Crippen molar-refractivity contribution in [2.75, 3.05) is 45.5 Å². The zero-order valence-electron chi connectivity index (χ0n) is 77.3. The molecule has 2 aliphatic carbocycles. The summed E-state index contributed by atoms with van der Waals surface area (Å²) in [4.78, 5) is 141. The Morgan fingerprint density at radius 3 is 1.24 bits per heavy atom. The molecule has 12 aromatic rings. The van der Waals surface area contributed by atoms with Crippen LogP contribution < -0.4 is 65.0 Å². The van der Waals surface area contributed by atoms with Gasteiger partial charge < -0.3 is 89.0 Å². The Bertz CT molecular complexity index is 6660. The summed E-state index contributed by atoms with van der Waals surface area (Å²) in [5.41, 5.74) is 70.0. The molecule has 0 radical (unpaired) electrons. The molecule has 56 heteroatoms. The van der Waals surface area contributed by atoms with Crippen LogP contribution in [-0.2, 0) is 18.9 Å². The lowest BCUT2D eigenvalue weighted by molar-refractivity contribution is 0.0475. The molecule has 0 unspecified atom stereocenters. The van der Waals surface area contributed by atoms with E-state index in [4.69, 9.17) is 126 Å². The van der Waals surface area contributed by atoms with Crippen LogP contribution in [0, 0.1) is 0 Å². The number of anilines is 10. The van der Waals surface area contributed by atoms with E-state index in [9.17, 15) is 33.6 Å². The molecule has 6 heterocycles. The molecule has 4 amide bonds. The number of alkyl carbamates (subject to hydrolysis) is 2. The average Bonchev–Trinajstić information content (AvgIpc) is 1.78. The molecule has 0 aliphatic heterocycles. The Balaban J connectivity index is 0.000000211. The van der Waals surface area contributed by atoms with E-state index >= 15 is 0 Å². The minimum absolute atomic E-state index is 0.00116. The topological polar surface area (TPSA) is 778 Å². The predicted octanol–water partition coefficient (Wildman–Crippen LogP) is 20.8. The minimum atomic E-state index is -1.17. The van der Waals surface area contributed by atoms with Crippen molar-refractivity contribution >= 4 is 185 Å². The van der Waals surface area contributed by atoms with Crippen molar-refractivity contribution in [3.05, 3.63) is 278 Å². The van der Waals surface area contributed by atoms with Crippen LogP contribution in [0.2, 0.25) is 21.0 Å². The quantitative estimate of drug-likeness (QED) is 0.00350. The molecule has 2 fully saturated rings. The van der Waals surface area contributed by atoms with Gasteiger partial charge in [-0.3, -0.25) is 9.59 Å². The van der Waals surface area contributed by atoms with Gasteiger partial charge in [-0.05, 0) is 222 Å². The standard InChI is InChI=1S/C22H29N9O3.C17H12N10O2.C13H11ClN6O2.C11H7ClN6O2.C11H22N2O2.C7H6Cl2N2O2.C6H6N4/c1-22(2,3)34-21(33)28-17-7-5-4-6-16(17)27-20-25-12-15(18(23)32)19(29-20)26-13-8-10-14(11-9-13)30-31-24;18-15(28)12-9-20-17(29-27-14-4-2-1-3-13(14)24-26-27)22-16(12)21-10-5-7-11(8-6-10)23-25-19;1-2-22-12(21)10-7-16-13(14)18-11(10)17-8-3-5-9(6-4-8)19-20-15;12-11-14-5-8(10(19)20)9(16-11)15-6-1-3-7(4-2-6)17-18-13;1-11(2,3)15-10(14)13-9-7-5-4-6-8(9)12;1-2-13-6(12)4-3-10-7(9)11-5(4)8;7-5-1-3-6(4-2-5)9-10-8/h8-12,16-17H,4-7H2,1-3H3,(H2,23,32)(H,28,33)(H2,25,26,27,29);1-9H,(H2,18,28)(H,20,21,22);3-7H,2H2,1H3,(H,16,17,18);1-5H,(H,19,20)(H,14,15,16);8-9H,4-7,12H2,1-3H3,(H,13,14);3H,2H2,1H3;1-4H,7H2/t16-,17+;;;;8-,9+;;/m1...1../s1. The summed E-state index contributed by atoms with van der Waals surface area (Å²) in [7, 11) is 0. The number of carbonyl (C=O) groups is 7. The lowest BCUT2D eigenvalue weighted by atomic mass is 9.90. The van der Waals surface area contributed by atoms with E-state index in [1.54, 1.807) is 147 Å². The number of carboxylic acid groups (broad SMARTS) is 1. The van der Waals surface area contributed by atoms with Crippen LogP contribution in [0.1, 0.15) is 159 Å². The number of aromatic nitrogens is 13. The first-order valence-corrected chi connectivity index (χ1v) is 44.1. The third-order valence-electron chi connectivity index (χ3n) is 18.5. The summed E-state index contributed by atoms with van der Waals surface area (Å²) in [5, 5.41) is 55.0. The molecule has 4 atom stereocenters.